The zero-order chi connectivity index (χ0) is 16.2. The first-order valence-electron chi connectivity index (χ1n) is 7.43. The van der Waals surface area contributed by atoms with Crippen molar-refractivity contribution in [3.05, 3.63) is 51.2 Å². The molecule has 4 nitrogen and oxygen atoms in total. The molecule has 0 saturated carbocycles. The van der Waals surface area contributed by atoms with Gasteiger partial charge in [0.05, 0.1) is 22.8 Å². The molecule has 0 bridgehead atoms. The van der Waals surface area contributed by atoms with Gasteiger partial charge in [0.1, 0.15) is 0 Å². The Labute approximate surface area is 139 Å². The monoisotopic (exact) mass is 322 g/mol. The Morgan fingerprint density at radius 1 is 1.35 bits per heavy atom. The summed E-state index contributed by atoms with van der Waals surface area (Å²) in [6, 6.07) is 8.25. The van der Waals surface area contributed by atoms with Crippen molar-refractivity contribution in [3.63, 3.8) is 0 Å². The molecule has 0 unspecified atom stereocenters. The van der Waals surface area contributed by atoms with E-state index in [2.05, 4.69) is 36.4 Å². The van der Waals surface area contributed by atoms with Gasteiger partial charge in [0, 0.05) is 40.7 Å². The van der Waals surface area contributed by atoms with Gasteiger partial charge in [-0.25, -0.2) is 4.99 Å². The van der Waals surface area contributed by atoms with Gasteiger partial charge in [-0.3, -0.25) is 0 Å². The first-order chi connectivity index (χ1) is 11.2. The number of para-hydroxylation sites is 1. The number of likely N-dealkylation sites (N-methyl/N-ethyl adjacent to an activating group) is 1. The van der Waals surface area contributed by atoms with E-state index in [0.29, 0.717) is 0 Å². The van der Waals surface area contributed by atoms with Crippen molar-refractivity contribution >= 4 is 34.4 Å². The summed E-state index contributed by atoms with van der Waals surface area (Å²) in [7, 11) is 4.11. The highest BCUT2D eigenvalue weighted by Gasteiger charge is 2.11. The van der Waals surface area contributed by atoms with Crippen LogP contribution in [0.2, 0.25) is 0 Å². The molecule has 23 heavy (non-hydrogen) atoms. The number of nitrogens with one attached hydrogen (secondary N) is 1. The molecule has 1 aromatic heterocycles. The number of nitriles is 1. The summed E-state index contributed by atoms with van der Waals surface area (Å²) in [5.41, 5.74) is 3.88. The number of thiophene rings is 1. The quantitative estimate of drug-likeness (QED) is 0.879. The average Bonchev–Trinajstić information content (AvgIpc) is 2.92. The Balaban J connectivity index is 2.11. The highest BCUT2D eigenvalue weighted by molar-refractivity contribution is 7.08. The maximum Gasteiger partial charge on any atom is 0.0941 e. The van der Waals surface area contributed by atoms with Crippen molar-refractivity contribution < 1.29 is 0 Å². The molecule has 0 amide bonds. The molecule has 116 valence electrons. The summed E-state index contributed by atoms with van der Waals surface area (Å²) in [4.78, 5) is 6.99. The molecule has 3 rings (SSSR count). The molecule has 0 fully saturated rings. The topological polar surface area (TPSA) is 51.4 Å². The Bertz CT molecular complexity index is 900. The summed E-state index contributed by atoms with van der Waals surface area (Å²) in [5.74, 6) is 0. The third-order valence-electron chi connectivity index (χ3n) is 3.66. The van der Waals surface area contributed by atoms with Crippen molar-refractivity contribution in [3.8, 4) is 6.07 Å². The number of hydrogen-bond donors (Lipinski definition) is 1. The largest absolute Gasteiger partial charge is 0.382 e. The van der Waals surface area contributed by atoms with Gasteiger partial charge in [0.2, 0.25) is 0 Å². The van der Waals surface area contributed by atoms with Crippen LogP contribution in [0.3, 0.4) is 0 Å². The van der Waals surface area contributed by atoms with Crippen LogP contribution in [0.5, 0.6) is 0 Å². The third kappa shape index (κ3) is 3.34. The number of nitrogens with zero attached hydrogens (tertiary/aromatic N) is 3. The van der Waals surface area contributed by atoms with E-state index in [1.54, 1.807) is 17.4 Å². The fourth-order valence-electron chi connectivity index (χ4n) is 2.51. The summed E-state index contributed by atoms with van der Waals surface area (Å²) in [5, 5.41) is 18.6. The number of benzene rings is 1. The molecule has 0 saturated heterocycles. The van der Waals surface area contributed by atoms with E-state index in [4.69, 9.17) is 10.3 Å². The van der Waals surface area contributed by atoms with Crippen LogP contribution in [0.1, 0.15) is 5.56 Å². The van der Waals surface area contributed by atoms with E-state index < -0.39 is 0 Å². The van der Waals surface area contributed by atoms with Gasteiger partial charge >= 0.3 is 0 Å². The zero-order valence-corrected chi connectivity index (χ0v) is 14.0. The number of fused-ring (bicyclic) bond motifs is 2. The van der Waals surface area contributed by atoms with Crippen LogP contribution in [0.25, 0.3) is 11.6 Å². The molecule has 1 aliphatic rings. The predicted octanol–water partition coefficient (Wildman–Crippen LogP) is 2.37. The average molecular weight is 322 g/mol. The maximum atomic E-state index is 9.05. The minimum absolute atomic E-state index is 0.857. The minimum Gasteiger partial charge on any atom is -0.382 e. The van der Waals surface area contributed by atoms with Gasteiger partial charge in [-0.05, 0) is 31.8 Å². The van der Waals surface area contributed by atoms with Crippen molar-refractivity contribution in [2.45, 2.75) is 0 Å². The highest BCUT2D eigenvalue weighted by atomic mass is 32.1. The normalized spacial score (nSPS) is 14.3. The van der Waals surface area contributed by atoms with Gasteiger partial charge in [0.15, 0.2) is 0 Å². The van der Waals surface area contributed by atoms with E-state index in [9.17, 15) is 0 Å². The number of rotatable bonds is 4. The molecule has 2 aromatic rings. The van der Waals surface area contributed by atoms with Crippen LogP contribution in [-0.4, -0.2) is 32.1 Å². The first-order valence-corrected chi connectivity index (χ1v) is 8.38. The Hall–Kier alpha value is -2.42. The molecule has 0 atom stereocenters. The second-order valence-electron chi connectivity index (χ2n) is 5.63. The van der Waals surface area contributed by atoms with E-state index in [0.717, 1.165) is 46.2 Å². The first kappa shape index (κ1) is 15.5. The lowest BCUT2D eigenvalue weighted by Crippen LogP contribution is -2.30. The zero-order valence-electron chi connectivity index (χ0n) is 13.2. The van der Waals surface area contributed by atoms with E-state index in [1.807, 2.05) is 29.0 Å². The van der Waals surface area contributed by atoms with E-state index >= 15 is 0 Å². The molecule has 2 heterocycles. The Morgan fingerprint density at radius 3 is 3.00 bits per heavy atom. The third-order valence-corrected chi connectivity index (χ3v) is 4.39. The van der Waals surface area contributed by atoms with Crippen LogP contribution in [0, 0.1) is 11.3 Å². The molecule has 0 aliphatic carbocycles. The van der Waals surface area contributed by atoms with E-state index in [1.165, 1.54) is 0 Å². The van der Waals surface area contributed by atoms with Crippen molar-refractivity contribution in [1.29, 1.82) is 5.26 Å². The van der Waals surface area contributed by atoms with Crippen molar-refractivity contribution in [2.75, 3.05) is 32.5 Å². The lowest BCUT2D eigenvalue weighted by atomic mass is 10.1. The lowest BCUT2D eigenvalue weighted by molar-refractivity contribution is 0.425. The fraction of sp³-hybridized carbons (Fsp3) is 0.222. The molecule has 0 radical (unpaired) electrons. The van der Waals surface area contributed by atoms with Crippen LogP contribution in [0.15, 0.2) is 40.0 Å². The molecule has 1 aliphatic heterocycles. The van der Waals surface area contributed by atoms with Gasteiger partial charge in [-0.15, -0.1) is 11.3 Å². The summed E-state index contributed by atoms with van der Waals surface area (Å²) in [6.07, 6.45) is 3.63. The molecule has 1 N–H and O–H groups in total. The highest BCUT2D eigenvalue weighted by Crippen LogP contribution is 2.31. The lowest BCUT2D eigenvalue weighted by Gasteiger charge is -2.11. The maximum absolute atomic E-state index is 9.05. The van der Waals surface area contributed by atoms with Gasteiger partial charge in [-0.1, -0.05) is 12.1 Å². The van der Waals surface area contributed by atoms with E-state index in [-0.39, 0.29) is 0 Å². The van der Waals surface area contributed by atoms with Crippen LogP contribution in [0.4, 0.5) is 11.4 Å². The van der Waals surface area contributed by atoms with Crippen LogP contribution < -0.4 is 15.9 Å². The molecule has 1 aromatic carbocycles. The second-order valence-corrected chi connectivity index (χ2v) is 6.37. The summed E-state index contributed by atoms with van der Waals surface area (Å²) in [6.45, 7) is 1.81. The summed E-state index contributed by atoms with van der Waals surface area (Å²) >= 11 is 1.61. The second kappa shape index (κ2) is 6.78. The van der Waals surface area contributed by atoms with Gasteiger partial charge < -0.3 is 10.2 Å². The summed E-state index contributed by atoms with van der Waals surface area (Å²) < 4.78 is 0. The van der Waals surface area contributed by atoms with Gasteiger partial charge in [-0.2, -0.15) is 5.26 Å². The smallest absolute Gasteiger partial charge is 0.0941 e. The standard InChI is InChI=1S/C18H18N4S/c1-22(2)9-8-20-16-5-3-4-14-10-13(6-7-19)15-11-23-12-17(15)21-18(14)16/h3-6,10-12,20H,8-9H2,1-2H3/b13-6-. The van der Waals surface area contributed by atoms with Crippen molar-refractivity contribution in [1.82, 2.24) is 4.90 Å². The van der Waals surface area contributed by atoms with Crippen LogP contribution >= 0.6 is 11.3 Å². The van der Waals surface area contributed by atoms with Crippen LogP contribution in [-0.2, 0) is 0 Å². The number of hydrogen-bond acceptors (Lipinski definition) is 5. The molecule has 0 spiro atoms. The minimum atomic E-state index is 0.857. The fourth-order valence-corrected chi connectivity index (χ4v) is 3.28. The number of anilines is 1. The predicted molar refractivity (Wildman–Crippen MR) is 96.3 cm³/mol. The number of allylic oxidation sites excluding steroid dienone is 2. The Morgan fingerprint density at radius 2 is 2.22 bits per heavy atom. The molecule has 5 heteroatoms. The van der Waals surface area contributed by atoms with Crippen molar-refractivity contribution in [2.24, 2.45) is 4.99 Å². The van der Waals surface area contributed by atoms with Gasteiger partial charge in [0.25, 0.3) is 0 Å². The SMILES string of the molecule is CN(C)CCNc1cccc2c1=Nc1cscc1/C(=C\C#N)C=2. The molecular weight excluding hydrogens is 304 g/mol. The molecular formula is C18H18N4S. The Kier molecular flexibility index (Phi) is 4.56.